The Morgan fingerprint density at radius 1 is 1.50 bits per heavy atom. The average molecular weight is 312 g/mol. The molecule has 0 aliphatic rings. The molecule has 0 saturated carbocycles. The summed E-state index contributed by atoms with van der Waals surface area (Å²) in [6.07, 6.45) is 1.16. The van der Waals surface area contributed by atoms with Crippen LogP contribution >= 0.6 is 23.1 Å². The summed E-state index contributed by atoms with van der Waals surface area (Å²) in [4.78, 5) is 10.5. The van der Waals surface area contributed by atoms with Gasteiger partial charge < -0.3 is 5.11 Å². The standard InChI is InChI=1S/C12H16N4O2S2/c1-3-5-16-8(2)7-9(15-16)11-13-14-12(20-11)19-6-4-10(17)18/h7H,3-6H2,1-2H3,(H,17,18). The molecule has 0 bridgehead atoms. The fourth-order valence-electron chi connectivity index (χ4n) is 1.65. The maximum absolute atomic E-state index is 10.5. The summed E-state index contributed by atoms with van der Waals surface area (Å²) in [5.41, 5.74) is 1.94. The number of carboxylic acid groups (broad SMARTS) is 1. The van der Waals surface area contributed by atoms with Gasteiger partial charge >= 0.3 is 5.97 Å². The van der Waals surface area contributed by atoms with Gasteiger partial charge in [-0.25, -0.2) is 0 Å². The molecule has 1 N–H and O–H groups in total. The van der Waals surface area contributed by atoms with Crippen molar-refractivity contribution in [2.45, 2.75) is 37.6 Å². The van der Waals surface area contributed by atoms with Crippen molar-refractivity contribution in [2.75, 3.05) is 5.75 Å². The number of hydrogen-bond acceptors (Lipinski definition) is 6. The van der Waals surface area contributed by atoms with Gasteiger partial charge in [-0.1, -0.05) is 30.0 Å². The van der Waals surface area contributed by atoms with Crippen LogP contribution in [0.15, 0.2) is 10.4 Å². The molecular formula is C12H16N4O2S2. The Hall–Kier alpha value is -1.41. The van der Waals surface area contributed by atoms with Gasteiger partial charge in [0.15, 0.2) is 9.35 Å². The highest BCUT2D eigenvalue weighted by atomic mass is 32.2. The van der Waals surface area contributed by atoms with Gasteiger partial charge in [0.25, 0.3) is 0 Å². The number of carbonyl (C=O) groups is 1. The van der Waals surface area contributed by atoms with E-state index >= 15 is 0 Å². The highest BCUT2D eigenvalue weighted by Crippen LogP contribution is 2.29. The first-order valence-corrected chi connectivity index (χ1v) is 8.13. The Balaban J connectivity index is 2.04. The first-order chi connectivity index (χ1) is 9.60. The van der Waals surface area contributed by atoms with Crippen LogP contribution in [0.2, 0.25) is 0 Å². The van der Waals surface area contributed by atoms with Crippen molar-refractivity contribution >= 4 is 29.1 Å². The number of carboxylic acids is 1. The smallest absolute Gasteiger partial charge is 0.304 e. The van der Waals surface area contributed by atoms with Crippen molar-refractivity contribution in [3.8, 4) is 10.7 Å². The number of nitrogens with zero attached hydrogens (tertiary/aromatic N) is 4. The molecule has 6 nitrogen and oxygen atoms in total. The van der Waals surface area contributed by atoms with Crippen LogP contribution < -0.4 is 0 Å². The number of hydrogen-bond donors (Lipinski definition) is 1. The summed E-state index contributed by atoms with van der Waals surface area (Å²) in [6, 6.07) is 2.00. The van der Waals surface area contributed by atoms with E-state index in [9.17, 15) is 4.79 Å². The predicted octanol–water partition coefficient (Wildman–Crippen LogP) is 2.69. The Morgan fingerprint density at radius 2 is 2.30 bits per heavy atom. The maximum Gasteiger partial charge on any atom is 0.304 e. The van der Waals surface area contributed by atoms with Gasteiger partial charge in [-0.15, -0.1) is 10.2 Å². The third-order valence-electron chi connectivity index (χ3n) is 2.58. The van der Waals surface area contributed by atoms with Crippen molar-refractivity contribution in [2.24, 2.45) is 0 Å². The highest BCUT2D eigenvalue weighted by molar-refractivity contribution is 8.01. The van der Waals surface area contributed by atoms with Crippen molar-refractivity contribution in [1.29, 1.82) is 0 Å². The van der Waals surface area contributed by atoms with Crippen LogP contribution in [-0.2, 0) is 11.3 Å². The molecule has 0 aliphatic carbocycles. The summed E-state index contributed by atoms with van der Waals surface area (Å²) in [6.45, 7) is 5.03. The molecule has 0 aliphatic heterocycles. The second-order valence-corrected chi connectivity index (χ2v) is 6.58. The Labute approximate surface area is 125 Å². The SMILES string of the molecule is CCCn1nc(-c2nnc(SCCC(=O)O)s2)cc1C. The van der Waals surface area contributed by atoms with Crippen molar-refractivity contribution in [1.82, 2.24) is 20.0 Å². The third kappa shape index (κ3) is 3.80. The maximum atomic E-state index is 10.5. The highest BCUT2D eigenvalue weighted by Gasteiger charge is 2.12. The number of aliphatic carboxylic acids is 1. The van der Waals surface area contributed by atoms with Crippen LogP contribution in [-0.4, -0.2) is 36.8 Å². The number of rotatable bonds is 7. The molecule has 8 heteroatoms. The summed E-state index contributed by atoms with van der Waals surface area (Å²) >= 11 is 2.86. The molecule has 0 amide bonds. The summed E-state index contributed by atoms with van der Waals surface area (Å²) in [5, 5.41) is 22.1. The number of thioether (sulfide) groups is 1. The minimum Gasteiger partial charge on any atom is -0.481 e. The monoisotopic (exact) mass is 312 g/mol. The van der Waals surface area contributed by atoms with Gasteiger partial charge in [0.05, 0.1) is 6.42 Å². The number of aryl methyl sites for hydroxylation is 2. The number of aromatic nitrogens is 4. The minimum absolute atomic E-state index is 0.129. The molecule has 2 heterocycles. The topological polar surface area (TPSA) is 80.9 Å². The van der Waals surface area contributed by atoms with Crippen LogP contribution in [0.1, 0.15) is 25.5 Å². The largest absolute Gasteiger partial charge is 0.481 e. The lowest BCUT2D eigenvalue weighted by atomic mass is 10.4. The Bertz CT molecular complexity index is 594. The predicted molar refractivity (Wildman–Crippen MR) is 79.1 cm³/mol. The lowest BCUT2D eigenvalue weighted by molar-refractivity contribution is -0.136. The summed E-state index contributed by atoms with van der Waals surface area (Å²) < 4.78 is 2.75. The van der Waals surface area contributed by atoms with E-state index < -0.39 is 5.97 Å². The average Bonchev–Trinajstić information content (AvgIpc) is 2.97. The first kappa shape index (κ1) is 15.0. The molecule has 0 unspecified atom stereocenters. The van der Waals surface area contributed by atoms with E-state index in [-0.39, 0.29) is 6.42 Å². The zero-order valence-electron chi connectivity index (χ0n) is 11.4. The summed E-state index contributed by atoms with van der Waals surface area (Å²) in [7, 11) is 0. The van der Waals surface area contributed by atoms with Gasteiger partial charge in [-0.2, -0.15) is 5.10 Å². The van der Waals surface area contributed by atoms with E-state index in [1.165, 1.54) is 23.1 Å². The third-order valence-corrected chi connectivity index (χ3v) is 4.66. The molecule has 2 aromatic heterocycles. The molecule has 20 heavy (non-hydrogen) atoms. The molecule has 2 aromatic rings. The fraction of sp³-hybridized carbons (Fsp3) is 0.500. The zero-order chi connectivity index (χ0) is 14.5. The van der Waals surface area contributed by atoms with Crippen LogP contribution in [0, 0.1) is 6.92 Å². The Morgan fingerprint density at radius 3 is 3.00 bits per heavy atom. The first-order valence-electron chi connectivity index (χ1n) is 6.33. The van der Waals surface area contributed by atoms with E-state index in [0.29, 0.717) is 5.75 Å². The zero-order valence-corrected chi connectivity index (χ0v) is 13.0. The second kappa shape index (κ2) is 6.85. The van der Waals surface area contributed by atoms with Gasteiger partial charge in [0.1, 0.15) is 5.69 Å². The molecule has 0 fully saturated rings. The molecule has 0 atom stereocenters. The van der Waals surface area contributed by atoms with Gasteiger partial charge in [-0.05, 0) is 19.4 Å². The van der Waals surface area contributed by atoms with E-state index in [0.717, 1.165) is 33.7 Å². The van der Waals surface area contributed by atoms with Gasteiger partial charge in [0.2, 0.25) is 0 Å². The van der Waals surface area contributed by atoms with E-state index in [1.54, 1.807) is 0 Å². The second-order valence-electron chi connectivity index (χ2n) is 4.26. The van der Waals surface area contributed by atoms with Gasteiger partial charge in [-0.3, -0.25) is 9.48 Å². The van der Waals surface area contributed by atoms with Crippen LogP contribution in [0.4, 0.5) is 0 Å². The van der Waals surface area contributed by atoms with E-state index in [2.05, 4.69) is 22.2 Å². The van der Waals surface area contributed by atoms with Gasteiger partial charge in [0, 0.05) is 18.0 Å². The van der Waals surface area contributed by atoms with Crippen LogP contribution in [0.5, 0.6) is 0 Å². The van der Waals surface area contributed by atoms with E-state index in [1.807, 2.05) is 17.7 Å². The van der Waals surface area contributed by atoms with Crippen LogP contribution in [0.25, 0.3) is 10.7 Å². The lowest BCUT2D eigenvalue weighted by Crippen LogP contribution is -2.00. The van der Waals surface area contributed by atoms with Crippen molar-refractivity contribution in [3.63, 3.8) is 0 Å². The molecule has 0 saturated heterocycles. The molecule has 0 spiro atoms. The normalized spacial score (nSPS) is 10.9. The Kier molecular flexibility index (Phi) is 5.13. The molecule has 0 aromatic carbocycles. The quantitative estimate of drug-likeness (QED) is 0.792. The fourth-order valence-corrected chi connectivity index (χ4v) is 3.46. The molecular weight excluding hydrogens is 296 g/mol. The molecule has 2 rings (SSSR count). The van der Waals surface area contributed by atoms with Crippen LogP contribution in [0.3, 0.4) is 0 Å². The summed E-state index contributed by atoms with van der Waals surface area (Å²) in [5.74, 6) is -0.288. The van der Waals surface area contributed by atoms with Crippen molar-refractivity contribution < 1.29 is 9.90 Å². The minimum atomic E-state index is -0.795. The molecule has 108 valence electrons. The lowest BCUT2D eigenvalue weighted by Gasteiger charge is -1.99. The molecule has 0 radical (unpaired) electrons. The van der Waals surface area contributed by atoms with Crippen molar-refractivity contribution in [3.05, 3.63) is 11.8 Å². The van der Waals surface area contributed by atoms with E-state index in [4.69, 9.17) is 5.11 Å².